The Morgan fingerprint density at radius 3 is 2.68 bits per heavy atom. The van der Waals surface area contributed by atoms with Crippen molar-refractivity contribution in [1.29, 1.82) is 0 Å². The SMILES string of the molecule is C=C1C(CC)CC1(C)C(CCc1ccncc1)/C1=C/C(C(C)(C)CN)=N/C=C\C(C)=C/C=C/N1. The quantitative estimate of drug-likeness (QED) is 0.437. The number of aromatic nitrogens is 1. The van der Waals surface area contributed by atoms with Crippen molar-refractivity contribution >= 4 is 5.71 Å². The molecule has 0 bridgehead atoms. The van der Waals surface area contributed by atoms with Gasteiger partial charge in [0, 0.05) is 54.1 Å². The molecular formula is C30H42N4. The second-order valence-electron chi connectivity index (χ2n) is 10.6. The fourth-order valence-corrected chi connectivity index (χ4v) is 5.07. The molecule has 0 saturated heterocycles. The lowest BCUT2D eigenvalue weighted by molar-refractivity contribution is 0.110. The molecule has 1 fully saturated rings. The Kier molecular flexibility index (Phi) is 8.48. The van der Waals surface area contributed by atoms with Crippen LogP contribution in [0.2, 0.25) is 0 Å². The van der Waals surface area contributed by atoms with Crippen molar-refractivity contribution in [3.8, 4) is 0 Å². The normalized spacial score (nSPS) is 30.7. The van der Waals surface area contributed by atoms with Crippen LogP contribution in [-0.4, -0.2) is 17.2 Å². The summed E-state index contributed by atoms with van der Waals surface area (Å²) in [6, 6.07) is 4.23. The van der Waals surface area contributed by atoms with Gasteiger partial charge in [-0.25, -0.2) is 0 Å². The fourth-order valence-electron chi connectivity index (χ4n) is 5.07. The third-order valence-corrected chi connectivity index (χ3v) is 7.76. The number of aryl methyl sites for hydroxylation is 1. The Morgan fingerprint density at radius 1 is 1.29 bits per heavy atom. The summed E-state index contributed by atoms with van der Waals surface area (Å²) in [5.74, 6) is 0.892. The lowest BCUT2D eigenvalue weighted by Crippen LogP contribution is -2.46. The Hall–Kier alpha value is -2.72. The van der Waals surface area contributed by atoms with Crippen LogP contribution >= 0.6 is 0 Å². The number of allylic oxidation sites excluding steroid dienone is 7. The van der Waals surface area contributed by atoms with Gasteiger partial charge in [-0.3, -0.25) is 9.98 Å². The maximum atomic E-state index is 6.19. The summed E-state index contributed by atoms with van der Waals surface area (Å²) in [7, 11) is 0. The second kappa shape index (κ2) is 11.1. The van der Waals surface area contributed by atoms with E-state index in [1.165, 1.54) is 16.8 Å². The van der Waals surface area contributed by atoms with E-state index in [9.17, 15) is 0 Å². The minimum absolute atomic E-state index is 0.0418. The molecular weight excluding hydrogens is 416 g/mol. The summed E-state index contributed by atoms with van der Waals surface area (Å²) >= 11 is 0. The van der Waals surface area contributed by atoms with Crippen LogP contribution in [0.4, 0.5) is 0 Å². The number of nitrogens with zero attached hydrogens (tertiary/aromatic N) is 2. The van der Waals surface area contributed by atoms with E-state index in [0.29, 0.717) is 12.5 Å². The van der Waals surface area contributed by atoms with Crippen LogP contribution in [0.15, 0.2) is 89.6 Å². The van der Waals surface area contributed by atoms with E-state index in [4.69, 9.17) is 10.7 Å². The highest BCUT2D eigenvalue weighted by Gasteiger charge is 2.49. The predicted octanol–water partition coefficient (Wildman–Crippen LogP) is 6.51. The largest absolute Gasteiger partial charge is 0.365 e. The molecule has 3 unspecified atom stereocenters. The molecule has 1 aromatic rings. The summed E-state index contributed by atoms with van der Waals surface area (Å²) in [6.07, 6.45) is 20.5. The minimum atomic E-state index is -0.244. The number of hydrogen-bond donors (Lipinski definition) is 2. The Bertz CT molecular complexity index is 1010. The molecule has 1 saturated carbocycles. The first-order valence-electron chi connectivity index (χ1n) is 12.6. The number of nitrogens with two attached hydrogens (primary N) is 1. The summed E-state index contributed by atoms with van der Waals surface area (Å²) in [5.41, 5.74) is 12.0. The molecule has 2 heterocycles. The molecule has 1 aromatic heterocycles. The number of rotatable bonds is 8. The van der Waals surface area contributed by atoms with Gasteiger partial charge < -0.3 is 11.1 Å². The fraction of sp³-hybridized carbons (Fsp3) is 0.467. The predicted molar refractivity (Wildman–Crippen MR) is 145 cm³/mol. The zero-order valence-electron chi connectivity index (χ0n) is 21.6. The summed E-state index contributed by atoms with van der Waals surface area (Å²) < 4.78 is 0. The molecule has 3 atom stereocenters. The van der Waals surface area contributed by atoms with E-state index in [-0.39, 0.29) is 16.7 Å². The molecule has 2 aliphatic rings. The molecule has 0 aromatic carbocycles. The topological polar surface area (TPSA) is 63.3 Å². The summed E-state index contributed by atoms with van der Waals surface area (Å²) in [5, 5.41) is 3.66. The van der Waals surface area contributed by atoms with Crippen LogP contribution in [0, 0.1) is 22.7 Å². The van der Waals surface area contributed by atoms with Gasteiger partial charge in [-0.05, 0) is 85.4 Å². The number of pyridine rings is 1. The molecule has 0 radical (unpaired) electrons. The van der Waals surface area contributed by atoms with E-state index in [2.05, 4.69) is 81.9 Å². The standard InChI is InChI=1S/C30H42N4/c1-7-25-20-30(6,23(25)3)26(11-10-24-13-16-32-17-14-24)27-19-28(29(4,5)21-31)34-18-12-22(2)9-8-15-33-27/h8-9,12-19,25-26,33H,3,7,10-11,20-21,31H2,1-2,4-6H3/b15-8+,18-12-,22-9-,27-19-,34-28-. The van der Waals surface area contributed by atoms with Crippen LogP contribution in [0.25, 0.3) is 0 Å². The average molecular weight is 459 g/mol. The molecule has 1 aliphatic carbocycles. The van der Waals surface area contributed by atoms with Gasteiger partial charge in [0.05, 0.1) is 0 Å². The van der Waals surface area contributed by atoms with E-state index in [0.717, 1.165) is 37.0 Å². The molecule has 3 N–H and O–H groups in total. The van der Waals surface area contributed by atoms with E-state index >= 15 is 0 Å². The highest BCUT2D eigenvalue weighted by Crippen LogP contribution is 2.58. The highest BCUT2D eigenvalue weighted by atomic mass is 14.9. The Balaban J connectivity index is 2.06. The maximum Gasteiger partial charge on any atom is 0.0489 e. The molecule has 34 heavy (non-hydrogen) atoms. The first-order valence-corrected chi connectivity index (χ1v) is 12.6. The molecule has 1 aliphatic heterocycles. The Morgan fingerprint density at radius 2 is 2.03 bits per heavy atom. The van der Waals surface area contributed by atoms with Gasteiger partial charge in [-0.2, -0.15) is 0 Å². The van der Waals surface area contributed by atoms with Gasteiger partial charge in [0.1, 0.15) is 0 Å². The monoisotopic (exact) mass is 458 g/mol. The van der Waals surface area contributed by atoms with E-state index < -0.39 is 0 Å². The summed E-state index contributed by atoms with van der Waals surface area (Å²) in [4.78, 5) is 9.08. The minimum Gasteiger partial charge on any atom is -0.365 e. The van der Waals surface area contributed by atoms with Gasteiger partial charge in [-0.15, -0.1) is 0 Å². The van der Waals surface area contributed by atoms with Gasteiger partial charge in [0.15, 0.2) is 0 Å². The van der Waals surface area contributed by atoms with Crippen molar-refractivity contribution in [3.05, 3.63) is 90.2 Å². The van der Waals surface area contributed by atoms with E-state index in [1.807, 2.05) is 30.9 Å². The van der Waals surface area contributed by atoms with Gasteiger partial charge >= 0.3 is 0 Å². The molecule has 4 nitrogen and oxygen atoms in total. The third kappa shape index (κ3) is 5.85. The smallest absolute Gasteiger partial charge is 0.0489 e. The molecule has 182 valence electrons. The lowest BCUT2D eigenvalue weighted by atomic mass is 9.52. The van der Waals surface area contributed by atoms with Crippen LogP contribution in [0.1, 0.15) is 59.4 Å². The Labute approximate surface area is 206 Å². The van der Waals surface area contributed by atoms with Crippen molar-refractivity contribution < 1.29 is 0 Å². The summed E-state index contributed by atoms with van der Waals surface area (Å²) in [6.45, 7) is 16.2. The van der Waals surface area contributed by atoms with Crippen LogP contribution in [-0.2, 0) is 6.42 Å². The van der Waals surface area contributed by atoms with Crippen LogP contribution in [0.3, 0.4) is 0 Å². The zero-order valence-corrected chi connectivity index (χ0v) is 21.6. The van der Waals surface area contributed by atoms with Crippen molar-refractivity contribution in [2.45, 2.75) is 60.3 Å². The number of aliphatic imine (C=N–C) groups is 1. The number of hydrogen-bond acceptors (Lipinski definition) is 4. The first kappa shape index (κ1) is 25.9. The molecule has 0 spiro atoms. The van der Waals surface area contributed by atoms with Crippen molar-refractivity contribution in [2.24, 2.45) is 33.4 Å². The maximum absolute atomic E-state index is 6.19. The molecule has 4 heteroatoms. The third-order valence-electron chi connectivity index (χ3n) is 7.76. The average Bonchev–Trinajstić information content (AvgIpc) is 2.88. The highest BCUT2D eigenvalue weighted by molar-refractivity contribution is 6.00. The van der Waals surface area contributed by atoms with Gasteiger partial charge in [0.25, 0.3) is 0 Å². The van der Waals surface area contributed by atoms with Gasteiger partial charge in [-0.1, -0.05) is 45.9 Å². The molecule has 0 amide bonds. The first-order chi connectivity index (χ1) is 16.2. The van der Waals surface area contributed by atoms with Crippen molar-refractivity contribution in [3.63, 3.8) is 0 Å². The van der Waals surface area contributed by atoms with Crippen LogP contribution < -0.4 is 11.1 Å². The van der Waals surface area contributed by atoms with E-state index in [1.54, 1.807) is 0 Å². The van der Waals surface area contributed by atoms with Crippen molar-refractivity contribution in [1.82, 2.24) is 10.3 Å². The van der Waals surface area contributed by atoms with Gasteiger partial charge in [0.2, 0.25) is 0 Å². The lowest BCUT2D eigenvalue weighted by Gasteiger charge is -2.53. The second-order valence-corrected chi connectivity index (χ2v) is 10.6. The van der Waals surface area contributed by atoms with Crippen LogP contribution in [0.5, 0.6) is 0 Å². The number of nitrogens with one attached hydrogen (secondary N) is 1. The molecule has 3 rings (SSSR count). The van der Waals surface area contributed by atoms with Crippen molar-refractivity contribution in [2.75, 3.05) is 6.54 Å². The zero-order chi connectivity index (χ0) is 24.8.